The minimum atomic E-state index is -0.547. The summed E-state index contributed by atoms with van der Waals surface area (Å²) in [5, 5.41) is 3.40. The first-order valence-corrected chi connectivity index (χ1v) is 20.5. The lowest BCUT2D eigenvalue weighted by atomic mass is 9.99. The summed E-state index contributed by atoms with van der Waals surface area (Å²) in [6.07, 6.45) is 10.4. The van der Waals surface area contributed by atoms with Gasteiger partial charge in [-0.3, -0.25) is 14.4 Å². The van der Waals surface area contributed by atoms with Gasteiger partial charge in [0, 0.05) is 29.9 Å². The molecular formula is C35H67NO8S3. The highest BCUT2D eigenvalue weighted by molar-refractivity contribution is 7.99. The summed E-state index contributed by atoms with van der Waals surface area (Å²) >= 11 is 5.08. The molecule has 0 aromatic heterocycles. The van der Waals surface area contributed by atoms with Gasteiger partial charge in [0.25, 0.3) is 0 Å². The Bertz CT molecular complexity index is 846. The molecule has 0 aromatic rings. The first-order valence-electron chi connectivity index (χ1n) is 16.5. The third-order valence-corrected chi connectivity index (χ3v) is 8.43. The van der Waals surface area contributed by atoms with Crippen molar-refractivity contribution in [2.45, 2.75) is 162 Å². The fourth-order valence-corrected chi connectivity index (χ4v) is 6.47. The van der Waals surface area contributed by atoms with E-state index in [0.717, 1.165) is 31.4 Å². The lowest BCUT2D eigenvalue weighted by Crippen LogP contribution is -2.46. The summed E-state index contributed by atoms with van der Waals surface area (Å²) < 4.78 is 21.4. The summed E-state index contributed by atoms with van der Waals surface area (Å²) in [7, 11) is 0. The minimum Gasteiger partial charge on any atom is -0.460 e. The zero-order chi connectivity index (χ0) is 37.1. The van der Waals surface area contributed by atoms with Crippen molar-refractivity contribution in [3.05, 3.63) is 0 Å². The average Bonchev–Trinajstić information content (AvgIpc) is 2.83. The average molecular weight is 726 g/mol. The number of hydrogen-bond acceptors (Lipinski definition) is 11. The van der Waals surface area contributed by atoms with Crippen LogP contribution >= 0.6 is 35.3 Å². The molecule has 2 unspecified atom stereocenters. The number of carbonyl (C=O) groups excluding carboxylic acids is 4. The molecule has 0 saturated heterocycles. The van der Waals surface area contributed by atoms with Gasteiger partial charge in [0.05, 0.1) is 6.42 Å². The fraction of sp³-hybridized carbons (Fsp3) is 0.886. The Kier molecular flexibility index (Phi) is 23.6. The molecule has 0 heterocycles. The van der Waals surface area contributed by atoms with Gasteiger partial charge in [-0.1, -0.05) is 0 Å². The first-order chi connectivity index (χ1) is 21.3. The zero-order valence-corrected chi connectivity index (χ0v) is 34.5. The summed E-state index contributed by atoms with van der Waals surface area (Å²) in [4.78, 5) is 47.6. The van der Waals surface area contributed by atoms with Gasteiger partial charge in [-0.15, -0.1) is 0 Å². The predicted molar refractivity (Wildman–Crippen MR) is 201 cm³/mol. The number of rotatable bonds is 17. The monoisotopic (exact) mass is 725 g/mol. The quantitative estimate of drug-likeness (QED) is 0.115. The Labute approximate surface area is 299 Å². The molecule has 12 heteroatoms. The number of thioether (sulfide) groups is 3. The summed E-state index contributed by atoms with van der Waals surface area (Å²) in [5.41, 5.74) is -1.88. The van der Waals surface area contributed by atoms with E-state index in [-0.39, 0.29) is 36.3 Å². The summed E-state index contributed by atoms with van der Waals surface area (Å²) in [6, 6.07) is -0.144. The molecule has 0 saturated carbocycles. The molecule has 0 aliphatic carbocycles. The van der Waals surface area contributed by atoms with Crippen LogP contribution in [0.4, 0.5) is 4.79 Å². The van der Waals surface area contributed by atoms with Crippen LogP contribution in [0.1, 0.15) is 128 Å². The molecule has 0 fully saturated rings. The summed E-state index contributed by atoms with van der Waals surface area (Å²) in [5.74, 6) is 0.971. The van der Waals surface area contributed by atoms with Gasteiger partial charge in [-0.25, -0.2) is 4.79 Å². The van der Waals surface area contributed by atoms with Crippen LogP contribution in [0.2, 0.25) is 0 Å². The van der Waals surface area contributed by atoms with Gasteiger partial charge >= 0.3 is 24.0 Å². The molecule has 0 spiro atoms. The van der Waals surface area contributed by atoms with Crippen LogP contribution in [0.3, 0.4) is 0 Å². The molecule has 278 valence electrons. The molecule has 0 aliphatic heterocycles. The van der Waals surface area contributed by atoms with E-state index in [1.165, 1.54) is 0 Å². The second kappa shape index (κ2) is 23.2. The SMILES string of the molecule is CSC(CCCC(=O)OC(C)(C)C)CCCC(=O)OC(C)(C)C.CSCC(CC(=O)OC(C)(C)C)C(CSC)NC(=O)OC(C)(C)C. The van der Waals surface area contributed by atoms with Crippen molar-refractivity contribution in [2.24, 2.45) is 5.92 Å². The zero-order valence-electron chi connectivity index (χ0n) is 32.1. The molecule has 47 heavy (non-hydrogen) atoms. The second-order valence-electron chi connectivity index (χ2n) is 15.5. The maximum Gasteiger partial charge on any atom is 0.407 e. The number of amides is 1. The van der Waals surface area contributed by atoms with E-state index in [2.05, 4.69) is 11.6 Å². The van der Waals surface area contributed by atoms with Crippen molar-refractivity contribution in [1.29, 1.82) is 0 Å². The van der Waals surface area contributed by atoms with Crippen LogP contribution in [-0.2, 0) is 33.3 Å². The number of carbonyl (C=O) groups is 4. The maximum atomic E-state index is 12.2. The number of alkyl carbamates (subject to hydrolysis) is 1. The van der Waals surface area contributed by atoms with E-state index in [0.29, 0.717) is 23.8 Å². The normalized spacial score (nSPS) is 13.5. The van der Waals surface area contributed by atoms with E-state index in [1.807, 2.05) is 95.6 Å². The lowest BCUT2D eigenvalue weighted by molar-refractivity contribution is -0.156. The van der Waals surface area contributed by atoms with Crippen molar-refractivity contribution in [2.75, 3.05) is 30.3 Å². The molecule has 0 aliphatic rings. The van der Waals surface area contributed by atoms with Crippen molar-refractivity contribution in [1.82, 2.24) is 5.32 Å². The van der Waals surface area contributed by atoms with Crippen LogP contribution < -0.4 is 5.32 Å². The maximum absolute atomic E-state index is 12.2. The molecule has 0 bridgehead atoms. The van der Waals surface area contributed by atoms with Crippen molar-refractivity contribution in [3.8, 4) is 0 Å². The van der Waals surface area contributed by atoms with E-state index in [4.69, 9.17) is 18.9 Å². The minimum absolute atomic E-state index is 0.00480. The van der Waals surface area contributed by atoms with E-state index < -0.39 is 28.5 Å². The largest absolute Gasteiger partial charge is 0.460 e. The number of hydrogen-bond donors (Lipinski definition) is 1. The Morgan fingerprint density at radius 2 is 0.957 bits per heavy atom. The summed E-state index contributed by atoms with van der Waals surface area (Å²) in [6.45, 7) is 22.3. The predicted octanol–water partition coefficient (Wildman–Crippen LogP) is 8.70. The van der Waals surface area contributed by atoms with Gasteiger partial charge in [-0.05, 0) is 139 Å². The van der Waals surface area contributed by atoms with Gasteiger partial charge in [-0.2, -0.15) is 35.3 Å². The highest BCUT2D eigenvalue weighted by Gasteiger charge is 2.29. The van der Waals surface area contributed by atoms with Crippen LogP contribution in [0.15, 0.2) is 0 Å². The molecule has 0 rings (SSSR count). The Hall–Kier alpha value is -1.27. The first kappa shape index (κ1) is 47.8. The van der Waals surface area contributed by atoms with E-state index >= 15 is 0 Å². The smallest absolute Gasteiger partial charge is 0.407 e. The highest BCUT2D eigenvalue weighted by atomic mass is 32.2. The van der Waals surface area contributed by atoms with Gasteiger partial charge in [0.2, 0.25) is 0 Å². The molecule has 1 N–H and O–H groups in total. The highest BCUT2D eigenvalue weighted by Crippen LogP contribution is 2.23. The van der Waals surface area contributed by atoms with Crippen LogP contribution in [0, 0.1) is 5.92 Å². The molecule has 2 atom stereocenters. The molecule has 0 radical (unpaired) electrons. The molecule has 1 amide bonds. The van der Waals surface area contributed by atoms with Crippen molar-refractivity contribution in [3.63, 3.8) is 0 Å². The van der Waals surface area contributed by atoms with Gasteiger partial charge in [0.15, 0.2) is 0 Å². The molecule has 0 aromatic carbocycles. The Morgan fingerprint density at radius 3 is 1.30 bits per heavy atom. The van der Waals surface area contributed by atoms with Crippen molar-refractivity contribution < 1.29 is 38.1 Å². The second-order valence-corrected chi connectivity index (χ2v) is 18.5. The van der Waals surface area contributed by atoms with Gasteiger partial charge in [0.1, 0.15) is 22.4 Å². The molecule has 9 nitrogen and oxygen atoms in total. The van der Waals surface area contributed by atoms with Crippen LogP contribution in [0.25, 0.3) is 0 Å². The topological polar surface area (TPSA) is 117 Å². The van der Waals surface area contributed by atoms with E-state index in [9.17, 15) is 19.2 Å². The van der Waals surface area contributed by atoms with Crippen LogP contribution in [-0.4, -0.2) is 88.0 Å². The lowest BCUT2D eigenvalue weighted by Gasteiger charge is -2.29. The number of ether oxygens (including phenoxy) is 4. The standard InChI is InChI=1S/C18H34O4S.C17H33NO4S2/c1-17(2,3)21-15(19)12-8-10-14(23-7)11-9-13-16(20)22-18(4,5)6;1-16(2,3)21-14(19)9-12(10-23-7)13(11-24-8)18-15(20)22-17(4,5)6/h14H,8-13H2,1-7H3;12-13H,9-11H2,1-8H3,(H,18,20). The Morgan fingerprint density at radius 1 is 0.574 bits per heavy atom. The van der Waals surface area contributed by atoms with Crippen molar-refractivity contribution >= 4 is 59.3 Å². The van der Waals surface area contributed by atoms with E-state index in [1.54, 1.807) is 35.3 Å². The third-order valence-electron chi connectivity index (χ3n) is 5.83. The number of esters is 3. The van der Waals surface area contributed by atoms with Crippen LogP contribution in [0.5, 0.6) is 0 Å². The third kappa shape index (κ3) is 31.7. The molecular weight excluding hydrogens is 659 g/mol. The number of nitrogens with one attached hydrogen (secondary N) is 1. The Balaban J connectivity index is 0. The fourth-order valence-electron chi connectivity index (χ4n) is 4.18. The van der Waals surface area contributed by atoms with Gasteiger partial charge < -0.3 is 24.3 Å².